The van der Waals surface area contributed by atoms with E-state index in [1.165, 1.54) is 83.5 Å². The molecule has 0 aliphatic rings. The molecule has 6 nitrogen and oxygen atoms in total. The average Bonchev–Trinajstić information content (AvgIpc) is 2.81. The van der Waals surface area contributed by atoms with E-state index >= 15 is 0 Å². The van der Waals surface area contributed by atoms with Gasteiger partial charge in [-0.2, -0.15) is 11.8 Å². The second kappa shape index (κ2) is 23.9. The molecule has 8 heteroatoms. The Balaban J connectivity index is 4.79. The Labute approximate surface area is 227 Å². The van der Waals surface area contributed by atoms with Crippen molar-refractivity contribution in [1.82, 2.24) is 0 Å². The minimum absolute atomic E-state index is 0.170. The quantitative estimate of drug-likeness (QED) is 0.0633. The molecule has 3 atom stereocenters. The molecule has 0 aromatic heterocycles. The Kier molecular flexibility index (Phi) is 23.7. The molecule has 0 aliphatic carbocycles. The number of hydrogen-bond acceptors (Lipinski definition) is 7. The molecule has 0 spiro atoms. The molecule has 36 heavy (non-hydrogen) atoms. The zero-order valence-corrected chi connectivity index (χ0v) is 26.0. The van der Waals surface area contributed by atoms with E-state index < -0.39 is 14.0 Å². The standard InChI is InChI=1S/C28H57O6PS/c1-7-10-12-14-15-16-17-19-21-24-36-27(22-20-18-13-11-8-2)26(6)33-35(30,31-23-9-3)34-28(29)32-25(4)5/h25-27H,7-24H2,1-6H3. The van der Waals surface area contributed by atoms with Crippen molar-refractivity contribution in [3.63, 3.8) is 0 Å². The largest absolute Gasteiger partial charge is 0.534 e. The zero-order chi connectivity index (χ0) is 27.1. The van der Waals surface area contributed by atoms with Crippen LogP contribution in [0.25, 0.3) is 0 Å². The lowest BCUT2D eigenvalue weighted by Gasteiger charge is -2.27. The Morgan fingerprint density at radius 2 is 1.28 bits per heavy atom. The average molecular weight is 553 g/mol. The van der Waals surface area contributed by atoms with Gasteiger partial charge in [-0.1, -0.05) is 104 Å². The van der Waals surface area contributed by atoms with Crippen LogP contribution in [-0.2, 0) is 22.9 Å². The first-order chi connectivity index (χ1) is 17.3. The molecule has 216 valence electrons. The summed E-state index contributed by atoms with van der Waals surface area (Å²) in [6.45, 7) is 11.9. The summed E-state index contributed by atoms with van der Waals surface area (Å²) in [4.78, 5) is 12.0. The van der Waals surface area contributed by atoms with Crippen LogP contribution < -0.4 is 0 Å². The van der Waals surface area contributed by atoms with Crippen LogP contribution in [0, 0.1) is 0 Å². The lowest BCUT2D eigenvalue weighted by molar-refractivity contribution is 0.0418. The highest BCUT2D eigenvalue weighted by Gasteiger charge is 2.36. The summed E-state index contributed by atoms with van der Waals surface area (Å²) in [7, 11) is -4.06. The number of carbonyl (C=O) groups is 1. The van der Waals surface area contributed by atoms with Crippen LogP contribution in [0.15, 0.2) is 0 Å². The van der Waals surface area contributed by atoms with Gasteiger partial charge in [0.05, 0.1) is 18.8 Å². The van der Waals surface area contributed by atoms with Crippen molar-refractivity contribution < 1.29 is 27.7 Å². The lowest BCUT2D eigenvalue weighted by Crippen LogP contribution is -2.25. The third-order valence-corrected chi connectivity index (χ3v) is 9.00. The van der Waals surface area contributed by atoms with Gasteiger partial charge in [-0.05, 0) is 45.8 Å². The van der Waals surface area contributed by atoms with E-state index in [1.54, 1.807) is 13.8 Å². The number of phosphoric ester groups is 1. The van der Waals surface area contributed by atoms with Crippen LogP contribution in [0.2, 0.25) is 0 Å². The molecular weight excluding hydrogens is 495 g/mol. The summed E-state index contributed by atoms with van der Waals surface area (Å²) < 4.78 is 34.6. The van der Waals surface area contributed by atoms with Crippen LogP contribution in [0.1, 0.15) is 144 Å². The minimum atomic E-state index is -4.06. The fourth-order valence-electron chi connectivity index (χ4n) is 3.91. The SMILES string of the molecule is CCCCCCCCCCCSC(CCCCCCC)C(C)OP(=O)(OCCC)OC(=O)OC(C)C. The van der Waals surface area contributed by atoms with Crippen molar-refractivity contribution in [2.24, 2.45) is 0 Å². The number of rotatable bonds is 25. The normalized spacial score (nSPS) is 15.0. The van der Waals surface area contributed by atoms with Gasteiger partial charge in [-0.25, -0.2) is 9.36 Å². The number of thioether (sulfide) groups is 1. The second-order valence-electron chi connectivity index (χ2n) is 10.0. The fraction of sp³-hybridized carbons (Fsp3) is 0.964. The Bertz CT molecular complexity index is 560. The van der Waals surface area contributed by atoms with E-state index in [0.29, 0.717) is 6.42 Å². The van der Waals surface area contributed by atoms with Crippen LogP contribution in [0.5, 0.6) is 0 Å². The van der Waals surface area contributed by atoms with Crippen LogP contribution in [-0.4, -0.2) is 36.0 Å². The van der Waals surface area contributed by atoms with Gasteiger partial charge in [0.1, 0.15) is 0 Å². The van der Waals surface area contributed by atoms with Gasteiger partial charge in [-0.3, -0.25) is 9.05 Å². The number of unbranched alkanes of at least 4 members (excludes halogenated alkanes) is 12. The topological polar surface area (TPSA) is 71.1 Å². The summed E-state index contributed by atoms with van der Waals surface area (Å²) in [5, 5.41) is 0.170. The van der Waals surface area contributed by atoms with Gasteiger partial charge in [0.2, 0.25) is 0 Å². The fourth-order valence-corrected chi connectivity index (χ4v) is 6.67. The molecule has 0 fully saturated rings. The summed E-state index contributed by atoms with van der Waals surface area (Å²) >= 11 is 1.89. The van der Waals surface area contributed by atoms with Gasteiger partial charge < -0.3 is 9.26 Å². The molecule has 0 N–H and O–H groups in total. The van der Waals surface area contributed by atoms with E-state index in [1.807, 2.05) is 25.6 Å². The number of carbonyl (C=O) groups excluding carboxylic acids is 1. The molecule has 3 unspecified atom stereocenters. The van der Waals surface area contributed by atoms with Crippen molar-refractivity contribution in [3.8, 4) is 0 Å². The highest BCUT2D eigenvalue weighted by atomic mass is 32.2. The molecule has 0 aromatic carbocycles. The van der Waals surface area contributed by atoms with Gasteiger partial charge >= 0.3 is 14.0 Å². The third kappa shape index (κ3) is 20.8. The Morgan fingerprint density at radius 3 is 1.81 bits per heavy atom. The zero-order valence-electron chi connectivity index (χ0n) is 24.3. The monoisotopic (exact) mass is 552 g/mol. The van der Waals surface area contributed by atoms with E-state index in [2.05, 4.69) is 13.8 Å². The lowest BCUT2D eigenvalue weighted by atomic mass is 10.1. The van der Waals surface area contributed by atoms with Crippen LogP contribution in [0.3, 0.4) is 0 Å². The molecule has 0 saturated heterocycles. The number of phosphoric acid groups is 1. The van der Waals surface area contributed by atoms with E-state index in [4.69, 9.17) is 18.3 Å². The smallest absolute Gasteiger partial charge is 0.431 e. The molecule has 0 radical (unpaired) electrons. The van der Waals surface area contributed by atoms with E-state index in [0.717, 1.165) is 18.6 Å². The molecule has 0 aromatic rings. The number of ether oxygens (including phenoxy) is 1. The summed E-state index contributed by atoms with van der Waals surface area (Å²) in [5.41, 5.74) is 0. The Morgan fingerprint density at radius 1 is 0.750 bits per heavy atom. The highest BCUT2D eigenvalue weighted by Crippen LogP contribution is 2.52. The summed E-state index contributed by atoms with van der Waals surface area (Å²) in [6, 6.07) is 0. The van der Waals surface area contributed by atoms with Crippen molar-refractivity contribution in [2.45, 2.75) is 162 Å². The molecule has 0 bridgehead atoms. The third-order valence-electron chi connectivity index (χ3n) is 5.96. The van der Waals surface area contributed by atoms with Crippen molar-refractivity contribution >= 4 is 25.7 Å². The summed E-state index contributed by atoms with van der Waals surface area (Å²) in [5.74, 6) is 1.06. The van der Waals surface area contributed by atoms with Crippen LogP contribution >= 0.6 is 19.6 Å². The predicted octanol–water partition coefficient (Wildman–Crippen LogP) is 10.5. The van der Waals surface area contributed by atoms with E-state index in [-0.39, 0.29) is 24.1 Å². The maximum Gasteiger partial charge on any atom is 0.534 e. The van der Waals surface area contributed by atoms with Crippen molar-refractivity contribution in [2.75, 3.05) is 12.4 Å². The molecule has 0 rings (SSSR count). The molecule has 0 heterocycles. The maximum absolute atomic E-state index is 13.3. The molecular formula is C28H57O6PS. The maximum atomic E-state index is 13.3. The minimum Gasteiger partial charge on any atom is -0.431 e. The number of hydrogen-bond donors (Lipinski definition) is 0. The first-order valence-electron chi connectivity index (χ1n) is 14.7. The van der Waals surface area contributed by atoms with Gasteiger partial charge in [0.15, 0.2) is 0 Å². The highest BCUT2D eigenvalue weighted by molar-refractivity contribution is 7.99. The molecule has 0 aliphatic heterocycles. The van der Waals surface area contributed by atoms with E-state index in [9.17, 15) is 9.36 Å². The first-order valence-corrected chi connectivity index (χ1v) is 17.2. The van der Waals surface area contributed by atoms with Gasteiger partial charge in [0.25, 0.3) is 0 Å². The molecule has 0 saturated carbocycles. The summed E-state index contributed by atoms with van der Waals surface area (Å²) in [6.07, 6.45) is 17.7. The van der Waals surface area contributed by atoms with Gasteiger partial charge in [-0.15, -0.1) is 0 Å². The second-order valence-corrected chi connectivity index (χ2v) is 12.9. The van der Waals surface area contributed by atoms with Crippen molar-refractivity contribution in [1.29, 1.82) is 0 Å². The van der Waals surface area contributed by atoms with Crippen molar-refractivity contribution in [3.05, 3.63) is 0 Å². The molecule has 0 amide bonds. The predicted molar refractivity (Wildman–Crippen MR) is 154 cm³/mol. The first kappa shape index (κ1) is 35.8. The van der Waals surface area contributed by atoms with Gasteiger partial charge in [0, 0.05) is 5.25 Å². The Hall–Kier alpha value is -0.230. The van der Waals surface area contributed by atoms with Crippen LogP contribution in [0.4, 0.5) is 4.79 Å².